The van der Waals surface area contributed by atoms with E-state index in [1.807, 2.05) is 35.7 Å². The highest BCUT2D eigenvalue weighted by atomic mass is 35.5. The van der Waals surface area contributed by atoms with E-state index in [1.165, 1.54) is 0 Å². The molecule has 6 aliphatic rings. The van der Waals surface area contributed by atoms with Gasteiger partial charge in [-0.3, -0.25) is 9.69 Å². The quantitative estimate of drug-likeness (QED) is 0.161. The predicted octanol–water partition coefficient (Wildman–Crippen LogP) is 7.63. The van der Waals surface area contributed by atoms with E-state index < -0.39 is 5.82 Å². The molecule has 7 heterocycles. The van der Waals surface area contributed by atoms with Crippen LogP contribution in [0.1, 0.15) is 85.8 Å². The Bertz CT molecular complexity index is 2500. The number of aryl methyl sites for hydroxylation is 2. The summed E-state index contributed by atoms with van der Waals surface area (Å²) in [4.78, 5) is 35.1. The second-order valence-corrected chi connectivity index (χ2v) is 16.8. The van der Waals surface area contributed by atoms with Crippen molar-refractivity contribution in [2.75, 3.05) is 26.2 Å². The van der Waals surface area contributed by atoms with Crippen LogP contribution in [-0.4, -0.2) is 78.6 Å². The van der Waals surface area contributed by atoms with Crippen LogP contribution in [0.15, 0.2) is 36.5 Å². The van der Waals surface area contributed by atoms with Gasteiger partial charge >= 0.3 is 6.09 Å². The molecule has 12 nitrogen and oxygen atoms in total. The highest BCUT2D eigenvalue weighted by Gasteiger charge is 2.51. The molecule has 2 saturated carbocycles. The Morgan fingerprint density at radius 1 is 1.20 bits per heavy atom. The summed E-state index contributed by atoms with van der Waals surface area (Å²) in [5.74, 6) is 0.0243. The lowest BCUT2D eigenvalue weighted by atomic mass is 9.79. The number of fused-ring (bicyclic) bond motifs is 4. The molecule has 288 valence electrons. The first-order valence-corrected chi connectivity index (χ1v) is 20.2. The van der Waals surface area contributed by atoms with Crippen molar-refractivity contribution < 1.29 is 18.7 Å². The zero-order valence-electron chi connectivity index (χ0n) is 31.0. The number of likely N-dealkylation sites (tertiary alicyclic amines) is 1. The fourth-order valence-electron chi connectivity index (χ4n) is 9.77. The Morgan fingerprint density at radius 3 is 2.75 bits per heavy atom. The zero-order valence-corrected chi connectivity index (χ0v) is 32.5. The number of aromatic nitrogens is 5. The summed E-state index contributed by atoms with van der Waals surface area (Å²) in [5, 5.41) is 24.5. The van der Waals surface area contributed by atoms with Crippen LogP contribution in [0, 0.1) is 35.9 Å². The number of benzene rings is 2. The smallest absolute Gasteiger partial charge is 0.410 e. The Labute approximate surface area is 332 Å². The third-order valence-corrected chi connectivity index (χ3v) is 13.7. The summed E-state index contributed by atoms with van der Waals surface area (Å²) >= 11 is 13.1. The molecule has 5 aromatic rings. The normalized spacial score (nSPS) is 24.9. The number of rotatable bonds is 9. The summed E-state index contributed by atoms with van der Waals surface area (Å²) in [6, 6.07) is 11.2. The first-order chi connectivity index (χ1) is 27.1. The molecular weight excluding hydrogens is 756 g/mol. The van der Waals surface area contributed by atoms with Gasteiger partial charge in [0, 0.05) is 64.8 Å². The van der Waals surface area contributed by atoms with Gasteiger partial charge in [0.2, 0.25) is 5.91 Å². The van der Waals surface area contributed by atoms with Crippen molar-refractivity contribution >= 4 is 57.0 Å². The maximum Gasteiger partial charge on any atom is 0.410 e. The highest BCUT2D eigenvalue weighted by molar-refractivity contribution is 6.43. The van der Waals surface area contributed by atoms with Gasteiger partial charge in [0.25, 0.3) is 0 Å². The topological polar surface area (TPSA) is 134 Å². The zero-order chi connectivity index (χ0) is 38.6. The summed E-state index contributed by atoms with van der Waals surface area (Å²) in [6.07, 6.45) is 5.44. The van der Waals surface area contributed by atoms with E-state index in [0.29, 0.717) is 76.9 Å². The average Bonchev–Trinajstić information content (AvgIpc) is 3.83. The number of halogens is 3. The van der Waals surface area contributed by atoms with E-state index in [-0.39, 0.29) is 65.1 Å². The van der Waals surface area contributed by atoms with Crippen LogP contribution in [-0.2, 0) is 16.0 Å². The first kappa shape index (κ1) is 35.6. The van der Waals surface area contributed by atoms with Crippen molar-refractivity contribution in [3.05, 3.63) is 75.0 Å². The van der Waals surface area contributed by atoms with Gasteiger partial charge in [0.1, 0.15) is 17.8 Å². The maximum atomic E-state index is 17.3. The third kappa shape index (κ3) is 5.50. The van der Waals surface area contributed by atoms with Crippen molar-refractivity contribution in [3.8, 4) is 17.2 Å². The van der Waals surface area contributed by atoms with Crippen molar-refractivity contribution in [2.24, 2.45) is 11.8 Å². The van der Waals surface area contributed by atoms with Crippen molar-refractivity contribution in [3.63, 3.8) is 0 Å². The van der Waals surface area contributed by atoms with Gasteiger partial charge in [-0.15, -0.1) is 5.10 Å². The van der Waals surface area contributed by atoms with E-state index in [9.17, 15) is 14.9 Å². The molecule has 11 rings (SSSR count). The summed E-state index contributed by atoms with van der Waals surface area (Å²) in [7, 11) is 0. The van der Waals surface area contributed by atoms with Crippen LogP contribution >= 0.6 is 23.2 Å². The molecule has 2 aromatic carbocycles. The Kier molecular flexibility index (Phi) is 8.54. The molecule has 0 radical (unpaired) electrons. The summed E-state index contributed by atoms with van der Waals surface area (Å²) in [6.45, 7) is 6.03. The standard InChI is InChI=1S/C41H40Cl2FN9O3/c1-20-27-16-33(32-15-25(18-51(32)40(54)22-8-9-22)52-19-31(48-49-52)21(2)50-11-12-56-41(50)55)53(38-24-14-30(38)46-17-24)39(27)28-13-23(5-4-10-45)34(36(44)37(28)47-20)26-6-3-7-29(42)35(26)43/h3,6-7,13,16,19,21-22,24-25,30,32,38,46H,4-5,8-9,11-12,14-15,17-18H2,1-2H3. The van der Waals surface area contributed by atoms with Crippen LogP contribution in [0.25, 0.3) is 32.9 Å². The molecule has 4 aliphatic heterocycles. The van der Waals surface area contributed by atoms with Crippen molar-refractivity contribution in [2.45, 2.75) is 82.6 Å². The molecule has 2 bridgehead atoms. The van der Waals surface area contributed by atoms with Gasteiger partial charge in [-0.1, -0.05) is 40.5 Å². The predicted molar refractivity (Wildman–Crippen MR) is 208 cm³/mol. The Balaban J connectivity index is 1.14. The first-order valence-electron chi connectivity index (χ1n) is 19.5. The summed E-state index contributed by atoms with van der Waals surface area (Å²) in [5.41, 5.74) is 4.90. The average molecular weight is 797 g/mol. The Hall–Kier alpha value is -4.77. The number of hydrogen-bond donors (Lipinski definition) is 1. The minimum atomic E-state index is -0.501. The fourth-order valence-corrected chi connectivity index (χ4v) is 10.2. The molecule has 3 aromatic heterocycles. The number of pyridine rings is 1. The van der Waals surface area contributed by atoms with Crippen LogP contribution < -0.4 is 5.32 Å². The van der Waals surface area contributed by atoms with E-state index in [4.69, 9.17) is 32.9 Å². The second kappa shape index (κ2) is 13.4. The van der Waals surface area contributed by atoms with Gasteiger partial charge < -0.3 is 19.5 Å². The van der Waals surface area contributed by atoms with Crippen LogP contribution in [0.4, 0.5) is 9.18 Å². The number of carbonyl (C=O) groups excluding carboxylic acids is 2. The van der Waals surface area contributed by atoms with Gasteiger partial charge in [-0.25, -0.2) is 18.9 Å². The number of carbonyl (C=O) groups is 2. The van der Waals surface area contributed by atoms with Gasteiger partial charge in [0.15, 0.2) is 5.82 Å². The number of amides is 2. The van der Waals surface area contributed by atoms with E-state index >= 15 is 4.39 Å². The fraction of sp³-hybridized carbons (Fsp3) is 0.463. The van der Waals surface area contributed by atoms with E-state index in [1.54, 1.807) is 23.1 Å². The highest BCUT2D eigenvalue weighted by Crippen LogP contribution is 2.52. The number of hydrogen-bond acceptors (Lipinski definition) is 8. The SMILES string of the molecule is Cc1nc2c(F)c(-c3cccc(Cl)c3Cl)c(CCC#N)cc2c2c1cc(C1CC(n3cc(C(C)N4CCOC4=O)nn3)CN1C(=O)C1CC1)n2C1C2CNC1C2. The molecule has 56 heavy (non-hydrogen) atoms. The Morgan fingerprint density at radius 2 is 2.04 bits per heavy atom. The van der Waals surface area contributed by atoms with Crippen molar-refractivity contribution in [1.29, 1.82) is 5.26 Å². The molecule has 0 spiro atoms. The number of cyclic esters (lactones) is 1. The lowest BCUT2D eigenvalue weighted by Crippen LogP contribution is -2.41. The van der Waals surface area contributed by atoms with E-state index in [2.05, 4.69) is 32.3 Å². The number of nitriles is 1. The molecule has 6 unspecified atom stereocenters. The minimum absolute atomic E-state index is 0.000827. The monoisotopic (exact) mass is 795 g/mol. The van der Waals surface area contributed by atoms with Gasteiger partial charge in [-0.2, -0.15) is 5.26 Å². The molecular formula is C41H40Cl2FN9O3. The maximum absolute atomic E-state index is 17.3. The van der Waals surface area contributed by atoms with Crippen LogP contribution in [0.5, 0.6) is 0 Å². The molecule has 2 amide bonds. The lowest BCUT2D eigenvalue weighted by molar-refractivity contribution is -0.133. The number of nitrogens with one attached hydrogen (secondary N) is 1. The third-order valence-electron chi connectivity index (χ3n) is 12.9. The van der Waals surface area contributed by atoms with Crippen molar-refractivity contribution in [1.82, 2.24) is 39.7 Å². The molecule has 6 atom stereocenters. The molecule has 4 saturated heterocycles. The molecule has 2 aliphatic carbocycles. The molecule has 6 fully saturated rings. The van der Waals surface area contributed by atoms with Gasteiger partial charge in [0.05, 0.1) is 58.5 Å². The molecule has 15 heteroatoms. The lowest BCUT2D eigenvalue weighted by Gasteiger charge is -2.39. The second-order valence-electron chi connectivity index (χ2n) is 16.1. The van der Waals surface area contributed by atoms with Crippen LogP contribution in [0.2, 0.25) is 10.0 Å². The minimum Gasteiger partial charge on any atom is -0.448 e. The van der Waals surface area contributed by atoms with E-state index in [0.717, 1.165) is 42.4 Å². The number of ether oxygens (including phenoxy) is 1. The summed E-state index contributed by atoms with van der Waals surface area (Å²) < 4.78 is 26.7. The molecule has 1 N–H and O–H groups in total. The van der Waals surface area contributed by atoms with Gasteiger partial charge in [-0.05, 0) is 75.6 Å². The number of nitrogens with zero attached hydrogens (tertiary/aromatic N) is 8. The van der Waals surface area contributed by atoms with Crippen LogP contribution in [0.3, 0.4) is 0 Å². The largest absolute Gasteiger partial charge is 0.448 e.